The third-order valence-electron chi connectivity index (χ3n) is 6.69. The minimum absolute atomic E-state index is 0.00539. The normalized spacial score (nSPS) is 20.3. The molecule has 0 atom stereocenters. The summed E-state index contributed by atoms with van der Waals surface area (Å²) in [5.74, 6) is 3.03. The lowest BCUT2D eigenvalue weighted by molar-refractivity contribution is 0.124. The number of benzene rings is 1. The van der Waals surface area contributed by atoms with Crippen LogP contribution in [-0.2, 0) is 26.1 Å². The topological polar surface area (TPSA) is 131 Å². The molecule has 1 aromatic carbocycles. The van der Waals surface area contributed by atoms with Crippen molar-refractivity contribution in [1.82, 2.24) is 20.1 Å². The zero-order valence-corrected chi connectivity index (χ0v) is 23.3. The Morgan fingerprint density at radius 2 is 1.85 bits per heavy atom. The number of anilines is 1. The van der Waals surface area contributed by atoms with Crippen LogP contribution in [-0.4, -0.2) is 63.8 Å². The fraction of sp³-hybridized carbons (Fsp3) is 0.538. The first-order valence-corrected chi connectivity index (χ1v) is 14.0. The predicted octanol–water partition coefficient (Wildman–Crippen LogP) is 3.92. The highest BCUT2D eigenvalue weighted by atomic mass is 32.2. The van der Waals surface area contributed by atoms with E-state index in [2.05, 4.69) is 25.0 Å². The largest absolute Gasteiger partial charge is 0.493 e. The minimum atomic E-state index is -1.65. The van der Waals surface area contributed by atoms with Crippen LogP contribution in [0.25, 0.3) is 0 Å². The summed E-state index contributed by atoms with van der Waals surface area (Å²) in [6.07, 6.45) is 3.71. The number of nitrogens with zero attached hydrogens (tertiary/aromatic N) is 5. The second kappa shape index (κ2) is 12.3. The summed E-state index contributed by atoms with van der Waals surface area (Å²) in [4.78, 5) is 15.3. The summed E-state index contributed by atoms with van der Waals surface area (Å²) in [7, 11) is 1.59. The molecule has 2 aliphatic rings. The number of hydrogen-bond acceptors (Lipinski definition) is 12. The summed E-state index contributed by atoms with van der Waals surface area (Å²) in [5, 5.41) is 4.06. The van der Waals surface area contributed by atoms with E-state index in [1.807, 2.05) is 39.0 Å². The second-order valence-electron chi connectivity index (χ2n) is 9.93. The number of piperidine rings is 1. The van der Waals surface area contributed by atoms with Gasteiger partial charge >= 0.3 is 17.4 Å². The summed E-state index contributed by atoms with van der Waals surface area (Å²) < 4.78 is 44.8. The quantitative estimate of drug-likeness (QED) is 0.376. The molecule has 13 heteroatoms. The Balaban J connectivity index is 1.20. The van der Waals surface area contributed by atoms with E-state index in [1.54, 1.807) is 7.11 Å². The maximum absolute atomic E-state index is 11.2. The molecule has 0 bridgehead atoms. The molecule has 39 heavy (non-hydrogen) atoms. The fourth-order valence-corrected chi connectivity index (χ4v) is 5.09. The van der Waals surface area contributed by atoms with Crippen molar-refractivity contribution in [1.29, 1.82) is 0 Å². The van der Waals surface area contributed by atoms with E-state index in [0.717, 1.165) is 31.5 Å². The lowest BCUT2D eigenvalue weighted by Gasteiger charge is -2.30. The Labute approximate surface area is 229 Å². The molecule has 2 aromatic heterocycles. The van der Waals surface area contributed by atoms with Gasteiger partial charge in [0, 0.05) is 37.8 Å². The van der Waals surface area contributed by atoms with E-state index >= 15 is 0 Å². The molecule has 0 spiro atoms. The first-order chi connectivity index (χ1) is 18.9. The van der Waals surface area contributed by atoms with Gasteiger partial charge in [0.1, 0.15) is 12.4 Å². The Bertz CT molecular complexity index is 1290. The van der Waals surface area contributed by atoms with Gasteiger partial charge in [-0.25, -0.2) is 9.97 Å². The van der Waals surface area contributed by atoms with Gasteiger partial charge in [-0.05, 0) is 31.0 Å². The number of ether oxygens (including phenoxy) is 3. The van der Waals surface area contributed by atoms with Crippen LogP contribution in [0.5, 0.6) is 23.3 Å². The molecular weight excluding hydrogens is 526 g/mol. The van der Waals surface area contributed by atoms with Gasteiger partial charge in [-0.1, -0.05) is 25.1 Å². The van der Waals surface area contributed by atoms with Crippen LogP contribution in [0.1, 0.15) is 49.6 Å². The molecule has 2 fully saturated rings. The van der Waals surface area contributed by atoms with Crippen molar-refractivity contribution in [2.45, 2.75) is 52.1 Å². The van der Waals surface area contributed by atoms with Crippen LogP contribution >= 0.6 is 0 Å². The zero-order valence-electron chi connectivity index (χ0n) is 22.5. The zero-order chi connectivity index (χ0) is 27.4. The van der Waals surface area contributed by atoms with Crippen molar-refractivity contribution in [3.63, 3.8) is 0 Å². The summed E-state index contributed by atoms with van der Waals surface area (Å²) in [6, 6.07) is 6.27. The standard InChI is InChI=1S/C26H33N5O7S/c1-16(2)23-29-26(38-30-23)31-9-7-20(8-10-31)36-24-17(3)25(28-15-27-24)37-21-6-5-18(12-22(21)33-4)11-19-13-34-39(32)35-14-19/h5-6,12,15-16,19-20H,7-11,13-14H2,1-4H3/t19-,39-. The fourth-order valence-electron chi connectivity index (χ4n) is 4.42. The van der Waals surface area contributed by atoms with Crippen LogP contribution in [0.3, 0.4) is 0 Å². The first kappa shape index (κ1) is 27.3. The van der Waals surface area contributed by atoms with E-state index in [1.165, 1.54) is 6.33 Å². The van der Waals surface area contributed by atoms with Gasteiger partial charge in [0.15, 0.2) is 17.3 Å². The Kier molecular flexibility index (Phi) is 8.58. The maximum Gasteiger partial charge on any atom is 0.324 e. The van der Waals surface area contributed by atoms with Crippen LogP contribution in [0.2, 0.25) is 0 Å². The third kappa shape index (κ3) is 6.65. The molecule has 0 saturated carbocycles. The molecule has 2 saturated heterocycles. The lowest BCUT2D eigenvalue weighted by Crippen LogP contribution is -2.38. The van der Waals surface area contributed by atoms with E-state index in [-0.39, 0.29) is 17.9 Å². The molecule has 4 heterocycles. The van der Waals surface area contributed by atoms with Crippen LogP contribution in [0.15, 0.2) is 29.0 Å². The number of rotatable bonds is 9. The third-order valence-corrected chi connectivity index (χ3v) is 7.35. The molecule has 0 aliphatic carbocycles. The monoisotopic (exact) mass is 559 g/mol. The van der Waals surface area contributed by atoms with Crippen molar-refractivity contribution in [2.24, 2.45) is 5.92 Å². The summed E-state index contributed by atoms with van der Waals surface area (Å²) >= 11 is -1.65. The average Bonchev–Trinajstić information content (AvgIpc) is 3.44. The Morgan fingerprint density at radius 3 is 2.54 bits per heavy atom. The molecule has 0 N–H and O–H groups in total. The number of aromatic nitrogens is 4. The molecule has 5 rings (SSSR count). The van der Waals surface area contributed by atoms with E-state index < -0.39 is 11.4 Å². The molecule has 0 unspecified atom stereocenters. The predicted molar refractivity (Wildman–Crippen MR) is 141 cm³/mol. The van der Waals surface area contributed by atoms with E-state index in [0.29, 0.717) is 60.3 Å². The average molecular weight is 560 g/mol. The Morgan fingerprint density at radius 1 is 1.10 bits per heavy atom. The highest BCUT2D eigenvalue weighted by molar-refractivity contribution is 7.75. The molecule has 12 nitrogen and oxygen atoms in total. The maximum atomic E-state index is 11.2. The molecule has 3 aromatic rings. The van der Waals surface area contributed by atoms with Crippen LogP contribution in [0, 0.1) is 12.8 Å². The molecule has 2 aliphatic heterocycles. The van der Waals surface area contributed by atoms with Crippen molar-refractivity contribution < 1.29 is 31.3 Å². The SMILES string of the molecule is COc1cc(C[C@H]2CO[S@](=O)OC2)ccc1Oc1ncnc(OC2CCN(c3nc(C(C)C)no3)CC2)c1C. The second-order valence-corrected chi connectivity index (χ2v) is 10.8. The number of hydrogen-bond donors (Lipinski definition) is 0. The van der Waals surface area contributed by atoms with Crippen LogP contribution < -0.4 is 19.1 Å². The lowest BCUT2D eigenvalue weighted by atomic mass is 10.0. The van der Waals surface area contributed by atoms with Gasteiger partial charge in [-0.2, -0.15) is 9.19 Å². The minimum Gasteiger partial charge on any atom is -0.493 e. The molecule has 210 valence electrons. The van der Waals surface area contributed by atoms with Crippen molar-refractivity contribution in [2.75, 3.05) is 38.3 Å². The smallest absolute Gasteiger partial charge is 0.324 e. The van der Waals surface area contributed by atoms with Gasteiger partial charge in [0.2, 0.25) is 11.8 Å². The number of methoxy groups -OCH3 is 1. The molecular formula is C26H33N5O7S. The molecule has 0 amide bonds. The van der Waals surface area contributed by atoms with Crippen molar-refractivity contribution >= 4 is 17.4 Å². The highest BCUT2D eigenvalue weighted by Gasteiger charge is 2.26. The summed E-state index contributed by atoms with van der Waals surface area (Å²) in [5.41, 5.74) is 1.73. The van der Waals surface area contributed by atoms with Crippen molar-refractivity contribution in [3.05, 3.63) is 41.5 Å². The summed E-state index contributed by atoms with van der Waals surface area (Å²) in [6.45, 7) is 8.21. The van der Waals surface area contributed by atoms with Gasteiger partial charge in [0.05, 0.1) is 25.9 Å². The Hall–Kier alpha value is -3.29. The molecule has 0 radical (unpaired) electrons. The van der Waals surface area contributed by atoms with E-state index in [4.69, 9.17) is 27.1 Å². The van der Waals surface area contributed by atoms with Gasteiger partial charge in [-0.3, -0.25) is 8.37 Å². The van der Waals surface area contributed by atoms with Gasteiger partial charge in [0.25, 0.3) is 0 Å². The van der Waals surface area contributed by atoms with Crippen LogP contribution in [0.4, 0.5) is 6.01 Å². The highest BCUT2D eigenvalue weighted by Crippen LogP contribution is 2.35. The van der Waals surface area contributed by atoms with E-state index in [9.17, 15) is 4.21 Å². The first-order valence-electron chi connectivity index (χ1n) is 13.0. The van der Waals surface area contributed by atoms with Crippen molar-refractivity contribution in [3.8, 4) is 23.3 Å². The van der Waals surface area contributed by atoms with Gasteiger partial charge < -0.3 is 23.6 Å². The van der Waals surface area contributed by atoms with Gasteiger partial charge in [-0.15, -0.1) is 0 Å².